The van der Waals surface area contributed by atoms with Gasteiger partial charge in [-0.15, -0.1) is 0 Å². The van der Waals surface area contributed by atoms with Crippen LogP contribution in [0.1, 0.15) is 11.1 Å². The van der Waals surface area contributed by atoms with Crippen molar-refractivity contribution in [2.75, 3.05) is 13.4 Å². The van der Waals surface area contributed by atoms with E-state index < -0.39 is 8.07 Å². The van der Waals surface area contributed by atoms with Gasteiger partial charge in [-0.1, -0.05) is 43.9 Å². The van der Waals surface area contributed by atoms with Crippen LogP contribution >= 0.6 is 0 Å². The molecule has 4 heteroatoms. The highest BCUT2D eigenvalue weighted by Gasteiger charge is 2.11. The predicted octanol–water partition coefficient (Wildman–Crippen LogP) is 3.01. The van der Waals surface area contributed by atoms with Crippen LogP contribution in [0.4, 0.5) is 0 Å². The van der Waals surface area contributed by atoms with Crippen molar-refractivity contribution in [1.82, 2.24) is 0 Å². The summed E-state index contributed by atoms with van der Waals surface area (Å²) in [5.74, 6) is 0. The van der Waals surface area contributed by atoms with E-state index in [2.05, 4.69) is 19.6 Å². The van der Waals surface area contributed by atoms with Gasteiger partial charge in [0.1, 0.15) is 6.79 Å². The number of rotatable bonds is 8. The van der Waals surface area contributed by atoms with Crippen molar-refractivity contribution in [3.05, 3.63) is 35.4 Å². The molecule has 102 valence electrons. The van der Waals surface area contributed by atoms with Crippen LogP contribution in [0.15, 0.2) is 24.3 Å². The van der Waals surface area contributed by atoms with Crippen molar-refractivity contribution >= 4 is 8.07 Å². The Labute approximate surface area is 111 Å². The first-order valence-corrected chi connectivity index (χ1v) is 10.1. The van der Waals surface area contributed by atoms with Gasteiger partial charge in [-0.2, -0.15) is 0 Å². The van der Waals surface area contributed by atoms with Crippen molar-refractivity contribution in [1.29, 1.82) is 0 Å². The number of aliphatic hydroxyl groups is 1. The Morgan fingerprint density at radius 2 is 1.61 bits per heavy atom. The Kier molecular flexibility index (Phi) is 6.57. The Hall–Kier alpha value is -0.683. The molecule has 18 heavy (non-hydrogen) atoms. The van der Waals surface area contributed by atoms with E-state index in [1.807, 2.05) is 24.3 Å². The van der Waals surface area contributed by atoms with E-state index >= 15 is 0 Å². The Morgan fingerprint density at radius 1 is 1.00 bits per heavy atom. The van der Waals surface area contributed by atoms with Crippen LogP contribution in [0.5, 0.6) is 0 Å². The molecule has 0 fully saturated rings. The quantitative estimate of drug-likeness (QED) is 0.447. The van der Waals surface area contributed by atoms with Gasteiger partial charge in [-0.3, -0.25) is 0 Å². The normalized spacial score (nSPS) is 11.8. The molecule has 0 aliphatic heterocycles. The molecule has 0 saturated heterocycles. The Balaban J connectivity index is 2.10. The molecule has 1 aromatic carbocycles. The largest absolute Gasteiger partial charge is 0.392 e. The average molecular weight is 268 g/mol. The van der Waals surface area contributed by atoms with Crippen LogP contribution in [0.25, 0.3) is 0 Å². The van der Waals surface area contributed by atoms with E-state index in [1.54, 1.807) is 0 Å². The summed E-state index contributed by atoms with van der Waals surface area (Å²) in [6.45, 7) is 8.78. The van der Waals surface area contributed by atoms with E-state index in [-0.39, 0.29) is 6.61 Å². The standard InChI is InChI=1S/C14H24O3Si/c1-18(2,3)9-8-16-12-17-11-14-6-4-13(10-15)5-7-14/h4-7,15H,8-12H2,1-3H3. The molecule has 0 atom stereocenters. The molecule has 0 heterocycles. The Morgan fingerprint density at radius 3 is 2.17 bits per heavy atom. The summed E-state index contributed by atoms with van der Waals surface area (Å²) in [6, 6.07) is 8.91. The van der Waals surface area contributed by atoms with E-state index in [0.29, 0.717) is 13.4 Å². The van der Waals surface area contributed by atoms with Crippen LogP contribution in [0.2, 0.25) is 25.7 Å². The smallest absolute Gasteiger partial charge is 0.147 e. The fraction of sp³-hybridized carbons (Fsp3) is 0.571. The number of aliphatic hydroxyl groups excluding tert-OH is 1. The lowest BCUT2D eigenvalue weighted by Gasteiger charge is -2.15. The third-order valence-electron chi connectivity index (χ3n) is 2.64. The summed E-state index contributed by atoms with van der Waals surface area (Å²) in [5, 5.41) is 8.92. The maximum absolute atomic E-state index is 8.92. The van der Waals surface area contributed by atoms with Gasteiger partial charge in [0.05, 0.1) is 13.2 Å². The lowest BCUT2D eigenvalue weighted by molar-refractivity contribution is -0.0573. The highest BCUT2D eigenvalue weighted by atomic mass is 28.3. The van der Waals surface area contributed by atoms with Crippen LogP contribution in [-0.4, -0.2) is 26.6 Å². The predicted molar refractivity (Wildman–Crippen MR) is 76.1 cm³/mol. The summed E-state index contributed by atoms with van der Waals surface area (Å²) in [4.78, 5) is 0. The van der Waals surface area contributed by atoms with E-state index in [4.69, 9.17) is 14.6 Å². The van der Waals surface area contributed by atoms with E-state index in [1.165, 1.54) is 6.04 Å². The first-order chi connectivity index (χ1) is 8.51. The lowest BCUT2D eigenvalue weighted by Crippen LogP contribution is -2.21. The molecular formula is C14H24O3Si. The molecule has 3 nitrogen and oxygen atoms in total. The molecule has 0 amide bonds. The number of hydrogen-bond acceptors (Lipinski definition) is 3. The molecule has 1 rings (SSSR count). The zero-order valence-corrected chi connectivity index (χ0v) is 12.6. The summed E-state index contributed by atoms with van der Waals surface area (Å²) < 4.78 is 10.9. The second-order valence-corrected chi connectivity index (χ2v) is 11.3. The van der Waals surface area contributed by atoms with Crippen molar-refractivity contribution in [2.24, 2.45) is 0 Å². The SMILES string of the molecule is C[Si](C)(C)CCOCOCc1ccc(CO)cc1. The van der Waals surface area contributed by atoms with Gasteiger partial charge in [-0.05, 0) is 17.2 Å². The van der Waals surface area contributed by atoms with Gasteiger partial charge in [0.2, 0.25) is 0 Å². The first-order valence-electron chi connectivity index (χ1n) is 6.35. The molecule has 0 unspecified atom stereocenters. The first kappa shape index (κ1) is 15.4. The highest BCUT2D eigenvalue weighted by Crippen LogP contribution is 2.08. The maximum atomic E-state index is 8.92. The average Bonchev–Trinajstić information content (AvgIpc) is 2.33. The van der Waals surface area contributed by atoms with Gasteiger partial charge >= 0.3 is 0 Å². The van der Waals surface area contributed by atoms with Gasteiger partial charge in [-0.25, -0.2) is 0 Å². The van der Waals surface area contributed by atoms with Crippen LogP contribution in [-0.2, 0) is 22.7 Å². The van der Waals surface area contributed by atoms with Crippen molar-refractivity contribution in [3.8, 4) is 0 Å². The second kappa shape index (κ2) is 7.69. The maximum Gasteiger partial charge on any atom is 0.147 e. The van der Waals surface area contributed by atoms with Crippen molar-refractivity contribution in [3.63, 3.8) is 0 Å². The molecule has 0 aliphatic carbocycles. The Bertz CT molecular complexity index is 330. The summed E-state index contributed by atoms with van der Waals surface area (Å²) >= 11 is 0. The minimum atomic E-state index is -0.996. The van der Waals surface area contributed by atoms with Crippen molar-refractivity contribution < 1.29 is 14.6 Å². The minimum Gasteiger partial charge on any atom is -0.392 e. The van der Waals surface area contributed by atoms with Gasteiger partial charge in [0.25, 0.3) is 0 Å². The van der Waals surface area contributed by atoms with E-state index in [0.717, 1.165) is 17.7 Å². The lowest BCUT2D eigenvalue weighted by atomic mass is 10.1. The molecule has 0 aromatic heterocycles. The molecule has 1 aromatic rings. The third kappa shape index (κ3) is 6.91. The van der Waals surface area contributed by atoms with E-state index in [9.17, 15) is 0 Å². The van der Waals surface area contributed by atoms with Gasteiger partial charge in [0, 0.05) is 14.7 Å². The fourth-order valence-corrected chi connectivity index (χ4v) is 2.15. The molecule has 0 radical (unpaired) electrons. The van der Waals surface area contributed by atoms with Crippen LogP contribution < -0.4 is 0 Å². The number of benzene rings is 1. The summed E-state index contributed by atoms with van der Waals surface area (Å²) in [5.41, 5.74) is 2.02. The minimum absolute atomic E-state index is 0.0843. The van der Waals surface area contributed by atoms with Gasteiger partial charge < -0.3 is 14.6 Å². The monoisotopic (exact) mass is 268 g/mol. The zero-order chi connectivity index (χ0) is 13.4. The highest BCUT2D eigenvalue weighted by molar-refractivity contribution is 6.76. The number of hydrogen-bond donors (Lipinski definition) is 1. The zero-order valence-electron chi connectivity index (χ0n) is 11.6. The molecule has 0 saturated carbocycles. The molecule has 1 N–H and O–H groups in total. The fourth-order valence-electron chi connectivity index (χ4n) is 1.40. The summed E-state index contributed by atoms with van der Waals surface area (Å²) in [7, 11) is -0.996. The molecule has 0 bridgehead atoms. The third-order valence-corrected chi connectivity index (χ3v) is 4.34. The van der Waals surface area contributed by atoms with Gasteiger partial charge in [0.15, 0.2) is 0 Å². The van der Waals surface area contributed by atoms with Crippen LogP contribution in [0.3, 0.4) is 0 Å². The van der Waals surface area contributed by atoms with Crippen LogP contribution in [0, 0.1) is 0 Å². The molecule has 0 spiro atoms. The number of ether oxygens (including phenoxy) is 2. The molecular weight excluding hydrogens is 244 g/mol. The molecule has 0 aliphatic rings. The second-order valence-electron chi connectivity index (χ2n) is 5.66. The van der Waals surface area contributed by atoms with Crippen molar-refractivity contribution in [2.45, 2.75) is 38.9 Å². The topological polar surface area (TPSA) is 38.7 Å². The summed E-state index contributed by atoms with van der Waals surface area (Å²) in [6.07, 6.45) is 0.